The Balaban J connectivity index is 1.54. The summed E-state index contributed by atoms with van der Waals surface area (Å²) in [6.45, 7) is 7.39. The van der Waals surface area contributed by atoms with Crippen LogP contribution in [0.4, 0.5) is 0 Å². The predicted molar refractivity (Wildman–Crippen MR) is 119 cm³/mol. The van der Waals surface area contributed by atoms with Crippen LogP contribution in [0.5, 0.6) is 5.75 Å². The molecule has 0 unspecified atom stereocenters. The molecular weight excluding hydrogens is 418 g/mol. The van der Waals surface area contributed by atoms with Gasteiger partial charge in [-0.2, -0.15) is 4.31 Å². The topological polar surface area (TPSA) is 100 Å². The second-order valence-corrected chi connectivity index (χ2v) is 9.82. The monoisotopic (exact) mass is 449 g/mol. The summed E-state index contributed by atoms with van der Waals surface area (Å²) in [6, 6.07) is 9.53. The lowest BCUT2D eigenvalue weighted by molar-refractivity contribution is 0.258. The van der Waals surface area contributed by atoms with E-state index in [1.807, 2.05) is 24.3 Å². The molecule has 170 valence electrons. The molecule has 0 bridgehead atoms. The Morgan fingerprint density at radius 1 is 1.23 bits per heavy atom. The van der Waals surface area contributed by atoms with Crippen molar-refractivity contribution in [2.75, 3.05) is 39.8 Å². The van der Waals surface area contributed by atoms with Crippen LogP contribution >= 0.6 is 0 Å². The van der Waals surface area contributed by atoms with Crippen molar-refractivity contribution in [1.82, 2.24) is 19.7 Å². The van der Waals surface area contributed by atoms with Crippen molar-refractivity contribution in [3.8, 4) is 5.75 Å². The molecule has 0 spiro atoms. The quantitative estimate of drug-likeness (QED) is 0.485. The first-order valence-electron chi connectivity index (χ1n) is 10.4. The molecule has 0 atom stereocenters. The lowest BCUT2D eigenvalue weighted by Crippen LogP contribution is -2.53. The molecule has 0 amide bonds. The summed E-state index contributed by atoms with van der Waals surface area (Å²) in [5.41, 5.74) is 1.47. The van der Waals surface area contributed by atoms with E-state index in [-0.39, 0.29) is 5.75 Å². The Bertz CT molecular complexity index is 952. The lowest BCUT2D eigenvalue weighted by atomic mass is 10.2. The summed E-state index contributed by atoms with van der Waals surface area (Å²) in [5.74, 6) is 1.91. The molecule has 1 N–H and O–H groups in total. The highest BCUT2D eigenvalue weighted by Crippen LogP contribution is 2.19. The Hall–Kier alpha value is -2.59. The number of nitrogens with zero attached hydrogens (tertiary/aromatic N) is 4. The molecule has 0 radical (unpaired) electrons. The number of sulfonamides is 1. The van der Waals surface area contributed by atoms with Gasteiger partial charge in [-0.15, -0.1) is 0 Å². The van der Waals surface area contributed by atoms with E-state index in [0.717, 1.165) is 17.3 Å². The van der Waals surface area contributed by atoms with Crippen LogP contribution in [-0.4, -0.2) is 68.6 Å². The Kier molecular flexibility index (Phi) is 7.91. The van der Waals surface area contributed by atoms with Crippen molar-refractivity contribution < 1.29 is 17.7 Å². The highest BCUT2D eigenvalue weighted by molar-refractivity contribution is 7.88. The number of para-hydroxylation sites is 1. The van der Waals surface area contributed by atoms with Crippen molar-refractivity contribution in [2.24, 2.45) is 10.9 Å². The normalized spacial score (nSPS) is 16.0. The maximum Gasteiger partial charge on any atom is 0.220 e. The number of benzene rings is 1. The average Bonchev–Trinajstić information content (AvgIpc) is 3.26. The van der Waals surface area contributed by atoms with Crippen LogP contribution in [0.25, 0.3) is 0 Å². The highest BCUT2D eigenvalue weighted by atomic mass is 32.2. The number of hydrogen-bond donors (Lipinski definition) is 1. The number of hydrogen-bond acceptors (Lipinski definition) is 6. The fraction of sp³-hybridized carbons (Fsp3) is 0.524. The Morgan fingerprint density at radius 2 is 1.97 bits per heavy atom. The van der Waals surface area contributed by atoms with Gasteiger partial charge in [0.2, 0.25) is 10.0 Å². The molecule has 1 fully saturated rings. The number of guanidine groups is 1. The zero-order chi connectivity index (χ0) is 22.3. The van der Waals surface area contributed by atoms with E-state index < -0.39 is 10.0 Å². The minimum Gasteiger partial charge on any atom is -0.493 e. The van der Waals surface area contributed by atoms with Gasteiger partial charge in [0.1, 0.15) is 17.8 Å². The molecule has 2 aromatic rings. The number of rotatable bonds is 8. The molecular formula is C21H31N5O4S. The fourth-order valence-electron chi connectivity index (χ4n) is 3.32. The Labute approximate surface area is 184 Å². The van der Waals surface area contributed by atoms with Crippen LogP contribution in [-0.2, 0) is 22.3 Å². The second-order valence-electron chi connectivity index (χ2n) is 7.85. The van der Waals surface area contributed by atoms with Crippen LogP contribution in [0.1, 0.15) is 25.1 Å². The SMILES string of the molecule is CN=C(NCc1ccccc1OCC(C)C)N1CCN(S(=O)(=O)Cc2ccon2)CC1. The zero-order valence-corrected chi connectivity index (χ0v) is 19.1. The number of aliphatic imine (C=N–C) groups is 1. The third kappa shape index (κ3) is 6.44. The van der Waals surface area contributed by atoms with Gasteiger partial charge in [0, 0.05) is 51.4 Å². The van der Waals surface area contributed by atoms with Crippen LogP contribution in [0, 0.1) is 5.92 Å². The van der Waals surface area contributed by atoms with Gasteiger partial charge in [0.15, 0.2) is 5.96 Å². The predicted octanol–water partition coefficient (Wildman–Crippen LogP) is 1.93. The van der Waals surface area contributed by atoms with Crippen molar-refractivity contribution in [2.45, 2.75) is 26.1 Å². The van der Waals surface area contributed by atoms with E-state index in [0.29, 0.717) is 50.9 Å². The number of nitrogens with one attached hydrogen (secondary N) is 1. The molecule has 0 aliphatic carbocycles. The van der Waals surface area contributed by atoms with E-state index in [2.05, 4.69) is 34.2 Å². The Morgan fingerprint density at radius 3 is 2.61 bits per heavy atom. The molecule has 1 aliphatic heterocycles. The van der Waals surface area contributed by atoms with E-state index in [4.69, 9.17) is 9.26 Å². The van der Waals surface area contributed by atoms with E-state index in [1.165, 1.54) is 10.6 Å². The maximum atomic E-state index is 12.6. The van der Waals surface area contributed by atoms with E-state index in [9.17, 15) is 8.42 Å². The first-order chi connectivity index (χ1) is 14.9. The molecule has 1 aromatic heterocycles. The maximum absolute atomic E-state index is 12.6. The largest absolute Gasteiger partial charge is 0.493 e. The first kappa shape index (κ1) is 23.1. The highest BCUT2D eigenvalue weighted by Gasteiger charge is 2.29. The number of aromatic nitrogens is 1. The summed E-state index contributed by atoms with van der Waals surface area (Å²) in [5, 5.41) is 7.08. The number of ether oxygens (including phenoxy) is 1. The fourth-order valence-corrected chi connectivity index (χ4v) is 4.75. The summed E-state index contributed by atoms with van der Waals surface area (Å²) >= 11 is 0. The summed E-state index contributed by atoms with van der Waals surface area (Å²) in [7, 11) is -1.70. The van der Waals surface area contributed by atoms with E-state index in [1.54, 1.807) is 13.1 Å². The second kappa shape index (κ2) is 10.6. The van der Waals surface area contributed by atoms with Crippen molar-refractivity contribution in [1.29, 1.82) is 0 Å². The van der Waals surface area contributed by atoms with Crippen molar-refractivity contribution in [3.05, 3.63) is 47.9 Å². The van der Waals surface area contributed by atoms with Gasteiger partial charge >= 0.3 is 0 Å². The molecule has 31 heavy (non-hydrogen) atoms. The van der Waals surface area contributed by atoms with Crippen molar-refractivity contribution in [3.63, 3.8) is 0 Å². The summed E-state index contributed by atoms with van der Waals surface area (Å²) in [6.07, 6.45) is 1.38. The standard InChI is InChI=1S/C21H31N5O4S/c1-17(2)15-29-20-7-5-4-6-18(20)14-23-21(22-3)25-9-11-26(12-10-25)31(27,28)16-19-8-13-30-24-19/h4-8,13,17H,9-12,14-16H2,1-3H3,(H,22,23). The van der Waals surface area contributed by atoms with Crippen LogP contribution in [0.2, 0.25) is 0 Å². The minimum atomic E-state index is -3.43. The first-order valence-corrected chi connectivity index (χ1v) is 12.0. The molecule has 9 nitrogen and oxygen atoms in total. The van der Waals surface area contributed by atoms with Crippen molar-refractivity contribution >= 4 is 16.0 Å². The van der Waals surface area contributed by atoms with Gasteiger partial charge in [0.05, 0.1) is 12.3 Å². The van der Waals surface area contributed by atoms with Gasteiger partial charge in [-0.3, -0.25) is 4.99 Å². The lowest BCUT2D eigenvalue weighted by Gasteiger charge is -2.35. The smallest absolute Gasteiger partial charge is 0.220 e. The van der Waals surface area contributed by atoms with Crippen LogP contribution in [0.3, 0.4) is 0 Å². The van der Waals surface area contributed by atoms with E-state index >= 15 is 0 Å². The molecule has 10 heteroatoms. The summed E-state index contributed by atoms with van der Waals surface area (Å²) < 4.78 is 37.4. The molecule has 3 rings (SSSR count). The zero-order valence-electron chi connectivity index (χ0n) is 18.3. The minimum absolute atomic E-state index is 0.149. The van der Waals surface area contributed by atoms with Gasteiger partial charge < -0.3 is 19.5 Å². The summed E-state index contributed by atoms with van der Waals surface area (Å²) in [4.78, 5) is 6.45. The molecule has 1 saturated heterocycles. The van der Waals surface area contributed by atoms with Crippen LogP contribution in [0.15, 0.2) is 46.1 Å². The molecule has 1 aliphatic rings. The molecule has 1 aromatic carbocycles. The third-order valence-corrected chi connectivity index (χ3v) is 6.76. The van der Waals surface area contributed by atoms with Gasteiger partial charge in [-0.05, 0) is 12.0 Å². The molecule has 0 saturated carbocycles. The molecule has 2 heterocycles. The van der Waals surface area contributed by atoms with Gasteiger partial charge in [0.25, 0.3) is 0 Å². The van der Waals surface area contributed by atoms with Gasteiger partial charge in [-0.1, -0.05) is 37.2 Å². The number of piperazine rings is 1. The average molecular weight is 450 g/mol. The van der Waals surface area contributed by atoms with Gasteiger partial charge in [-0.25, -0.2) is 8.42 Å². The van der Waals surface area contributed by atoms with Crippen LogP contribution < -0.4 is 10.1 Å². The third-order valence-electron chi connectivity index (χ3n) is 4.95.